The number of carbonyl (C=O) groups excluding carboxylic acids is 1. The van der Waals surface area contributed by atoms with Crippen molar-refractivity contribution in [3.05, 3.63) is 34.1 Å². The van der Waals surface area contributed by atoms with Crippen molar-refractivity contribution in [2.45, 2.75) is 51.3 Å². The lowest BCUT2D eigenvalue weighted by Gasteiger charge is -2.42. The van der Waals surface area contributed by atoms with Crippen molar-refractivity contribution in [1.29, 1.82) is 0 Å². The van der Waals surface area contributed by atoms with Crippen molar-refractivity contribution in [3.63, 3.8) is 0 Å². The SMILES string of the molecule is CC(C)(C)OC(=O)N1CCN(Cc2cccc(Br)c2F)CC12CC2. The zero-order chi connectivity index (χ0) is 17.5. The highest BCUT2D eigenvalue weighted by Crippen LogP contribution is 2.45. The van der Waals surface area contributed by atoms with E-state index in [-0.39, 0.29) is 17.4 Å². The van der Waals surface area contributed by atoms with Crippen molar-refractivity contribution >= 4 is 22.0 Å². The molecule has 1 spiro atoms. The number of rotatable bonds is 2. The van der Waals surface area contributed by atoms with Gasteiger partial charge in [0.25, 0.3) is 0 Å². The van der Waals surface area contributed by atoms with Crippen LogP contribution in [0.3, 0.4) is 0 Å². The molecule has 1 saturated carbocycles. The summed E-state index contributed by atoms with van der Waals surface area (Å²) >= 11 is 3.24. The predicted molar refractivity (Wildman–Crippen MR) is 94.3 cm³/mol. The number of hydrogen-bond acceptors (Lipinski definition) is 3. The van der Waals surface area contributed by atoms with Crippen LogP contribution in [0.25, 0.3) is 0 Å². The average molecular weight is 399 g/mol. The molecule has 0 N–H and O–H groups in total. The zero-order valence-corrected chi connectivity index (χ0v) is 16.0. The molecule has 0 aromatic heterocycles. The molecule has 0 atom stereocenters. The van der Waals surface area contributed by atoms with Crippen molar-refractivity contribution in [3.8, 4) is 0 Å². The summed E-state index contributed by atoms with van der Waals surface area (Å²) < 4.78 is 20.2. The molecule has 4 nitrogen and oxygen atoms in total. The fourth-order valence-corrected chi connectivity index (χ4v) is 3.69. The second-order valence-corrected chi connectivity index (χ2v) is 8.63. The zero-order valence-electron chi connectivity index (χ0n) is 14.4. The van der Waals surface area contributed by atoms with Crippen molar-refractivity contribution in [2.75, 3.05) is 19.6 Å². The van der Waals surface area contributed by atoms with Crippen molar-refractivity contribution in [1.82, 2.24) is 9.80 Å². The van der Waals surface area contributed by atoms with Gasteiger partial charge in [-0.2, -0.15) is 0 Å². The van der Waals surface area contributed by atoms with Gasteiger partial charge in [-0.1, -0.05) is 12.1 Å². The number of nitrogens with zero attached hydrogens (tertiary/aromatic N) is 2. The Balaban J connectivity index is 1.66. The van der Waals surface area contributed by atoms with E-state index >= 15 is 0 Å². The van der Waals surface area contributed by atoms with E-state index in [2.05, 4.69) is 20.8 Å². The molecule has 1 aliphatic heterocycles. The molecule has 0 bridgehead atoms. The summed E-state index contributed by atoms with van der Waals surface area (Å²) in [6, 6.07) is 5.38. The van der Waals surface area contributed by atoms with Crippen LogP contribution in [0.4, 0.5) is 9.18 Å². The second kappa shape index (κ2) is 6.30. The smallest absolute Gasteiger partial charge is 0.410 e. The number of benzene rings is 1. The van der Waals surface area contributed by atoms with Gasteiger partial charge in [-0.3, -0.25) is 9.80 Å². The maximum absolute atomic E-state index is 14.2. The fraction of sp³-hybridized carbons (Fsp3) is 0.611. The molecule has 1 aromatic rings. The second-order valence-electron chi connectivity index (χ2n) is 7.78. The molecule has 0 unspecified atom stereocenters. The minimum Gasteiger partial charge on any atom is -0.444 e. The standard InChI is InChI=1S/C18H24BrFN2O2/c1-17(2,3)24-16(23)22-10-9-21(12-18(22)7-8-18)11-13-5-4-6-14(19)15(13)20/h4-6H,7-12H2,1-3H3. The molecule has 1 aromatic carbocycles. The summed E-state index contributed by atoms with van der Waals surface area (Å²) in [5, 5.41) is 0. The van der Waals surface area contributed by atoms with E-state index in [1.54, 1.807) is 6.07 Å². The van der Waals surface area contributed by atoms with Crippen LogP contribution in [0.5, 0.6) is 0 Å². The highest BCUT2D eigenvalue weighted by atomic mass is 79.9. The minimum absolute atomic E-state index is 0.122. The summed E-state index contributed by atoms with van der Waals surface area (Å²) in [5.74, 6) is -0.197. The van der Waals surface area contributed by atoms with Gasteiger partial charge in [-0.05, 0) is 55.6 Å². The molecule has 2 fully saturated rings. The largest absolute Gasteiger partial charge is 0.444 e. The highest BCUT2D eigenvalue weighted by Gasteiger charge is 2.54. The lowest BCUT2D eigenvalue weighted by molar-refractivity contribution is -0.00822. The third-order valence-electron chi connectivity index (χ3n) is 4.60. The normalized spacial score (nSPS) is 20.3. The molecule has 1 saturated heterocycles. The Morgan fingerprint density at radius 1 is 1.33 bits per heavy atom. The molecule has 132 valence electrons. The van der Waals surface area contributed by atoms with E-state index in [4.69, 9.17) is 4.74 Å². The first-order valence-electron chi connectivity index (χ1n) is 8.36. The van der Waals surface area contributed by atoms with E-state index in [1.807, 2.05) is 37.8 Å². The van der Waals surface area contributed by atoms with Gasteiger partial charge >= 0.3 is 6.09 Å². The molecule has 1 heterocycles. The van der Waals surface area contributed by atoms with Gasteiger partial charge in [0.15, 0.2) is 0 Å². The number of piperazine rings is 1. The fourth-order valence-electron chi connectivity index (χ4n) is 3.28. The molecule has 6 heteroatoms. The van der Waals surface area contributed by atoms with Gasteiger partial charge < -0.3 is 4.74 Å². The molecule has 3 rings (SSSR count). The Morgan fingerprint density at radius 3 is 2.67 bits per heavy atom. The first-order valence-corrected chi connectivity index (χ1v) is 9.15. The molecular weight excluding hydrogens is 375 g/mol. The van der Waals surface area contributed by atoms with E-state index in [0.717, 1.165) is 25.9 Å². The Bertz CT molecular complexity index is 640. The lowest BCUT2D eigenvalue weighted by atomic mass is 10.1. The molecule has 0 radical (unpaired) electrons. The van der Waals surface area contributed by atoms with Crippen LogP contribution in [0, 0.1) is 5.82 Å². The number of carbonyl (C=O) groups is 1. The first kappa shape index (κ1) is 17.7. The minimum atomic E-state index is -0.482. The third-order valence-corrected chi connectivity index (χ3v) is 5.21. The number of hydrogen-bond donors (Lipinski definition) is 0. The van der Waals surface area contributed by atoms with Gasteiger partial charge in [0.05, 0.1) is 10.0 Å². The van der Waals surface area contributed by atoms with Gasteiger partial charge in [0.1, 0.15) is 11.4 Å². The quantitative estimate of drug-likeness (QED) is 0.748. The summed E-state index contributed by atoms with van der Waals surface area (Å²) in [6.45, 7) is 8.36. The maximum atomic E-state index is 14.2. The van der Waals surface area contributed by atoms with Gasteiger partial charge in [0, 0.05) is 31.7 Å². The van der Waals surface area contributed by atoms with Gasteiger partial charge in [-0.15, -0.1) is 0 Å². The molecule has 1 aliphatic carbocycles. The lowest BCUT2D eigenvalue weighted by Crippen LogP contribution is -2.57. The van der Waals surface area contributed by atoms with Crippen LogP contribution >= 0.6 is 15.9 Å². The topological polar surface area (TPSA) is 32.8 Å². The summed E-state index contributed by atoms with van der Waals surface area (Å²) in [7, 11) is 0. The van der Waals surface area contributed by atoms with Crippen LogP contribution in [0.2, 0.25) is 0 Å². The third kappa shape index (κ3) is 3.75. The number of ether oxygens (including phenoxy) is 1. The molecule has 2 aliphatic rings. The Labute approximate surface area is 151 Å². The number of halogens is 2. The average Bonchev–Trinajstić information content (AvgIpc) is 3.21. The number of amides is 1. The first-order chi connectivity index (χ1) is 11.2. The monoisotopic (exact) mass is 398 g/mol. The van der Waals surface area contributed by atoms with Gasteiger partial charge in [0.2, 0.25) is 0 Å². The highest BCUT2D eigenvalue weighted by molar-refractivity contribution is 9.10. The summed E-state index contributed by atoms with van der Waals surface area (Å²) in [6.07, 6.45) is 1.75. The Kier molecular flexibility index (Phi) is 4.64. The summed E-state index contributed by atoms with van der Waals surface area (Å²) in [4.78, 5) is 16.6. The van der Waals surface area contributed by atoms with Gasteiger partial charge in [-0.25, -0.2) is 9.18 Å². The van der Waals surface area contributed by atoms with Crippen molar-refractivity contribution in [2.24, 2.45) is 0 Å². The van der Waals surface area contributed by atoms with Crippen LogP contribution < -0.4 is 0 Å². The van der Waals surface area contributed by atoms with Crippen LogP contribution in [0.15, 0.2) is 22.7 Å². The van der Waals surface area contributed by atoms with Crippen molar-refractivity contribution < 1.29 is 13.9 Å². The summed E-state index contributed by atoms with van der Waals surface area (Å²) in [5.41, 5.74) is 0.0817. The van der Waals surface area contributed by atoms with Crippen LogP contribution in [-0.4, -0.2) is 46.7 Å². The van der Waals surface area contributed by atoms with Crippen LogP contribution in [0.1, 0.15) is 39.2 Å². The molecule has 24 heavy (non-hydrogen) atoms. The van der Waals surface area contributed by atoms with Crippen LogP contribution in [-0.2, 0) is 11.3 Å². The molecule has 1 amide bonds. The Hall–Kier alpha value is -1.14. The van der Waals surface area contributed by atoms with E-state index in [9.17, 15) is 9.18 Å². The Morgan fingerprint density at radius 2 is 2.04 bits per heavy atom. The molecular formula is C18H24BrFN2O2. The van der Waals surface area contributed by atoms with E-state index in [0.29, 0.717) is 23.1 Å². The van der Waals surface area contributed by atoms with E-state index < -0.39 is 5.60 Å². The predicted octanol–water partition coefficient (Wildman–Crippen LogP) is 4.17. The van der Waals surface area contributed by atoms with E-state index in [1.165, 1.54) is 0 Å². The maximum Gasteiger partial charge on any atom is 0.410 e.